The first-order valence-corrected chi connectivity index (χ1v) is 5.59. The van der Waals surface area contributed by atoms with E-state index in [1.807, 2.05) is 23.9 Å². The monoisotopic (exact) mass is 256 g/mol. The van der Waals surface area contributed by atoms with Gasteiger partial charge in [-0.1, -0.05) is 6.92 Å². The van der Waals surface area contributed by atoms with E-state index in [1.54, 1.807) is 0 Å². The molecule has 2 aromatic heterocycles. The zero-order chi connectivity index (χ0) is 11.7. The maximum Gasteiger partial charge on any atom is 0.227 e. The van der Waals surface area contributed by atoms with Gasteiger partial charge < -0.3 is 4.57 Å². The van der Waals surface area contributed by atoms with Crippen molar-refractivity contribution in [3.8, 4) is 11.5 Å². The second kappa shape index (κ2) is 4.39. The molecule has 0 aliphatic heterocycles. The van der Waals surface area contributed by atoms with E-state index in [0.717, 1.165) is 17.7 Å². The fourth-order valence-corrected chi connectivity index (χ4v) is 1.96. The number of hydrogen-bond donors (Lipinski definition) is 0. The molecule has 0 amide bonds. The summed E-state index contributed by atoms with van der Waals surface area (Å²) in [5, 5.41) is 0.219. The van der Waals surface area contributed by atoms with Crippen LogP contribution in [0.2, 0.25) is 10.6 Å². The Morgan fingerprint density at radius 3 is 2.38 bits per heavy atom. The molecule has 84 valence electrons. The maximum atomic E-state index is 5.76. The molecule has 4 nitrogen and oxygen atoms in total. The third kappa shape index (κ3) is 2.03. The van der Waals surface area contributed by atoms with Crippen molar-refractivity contribution in [2.75, 3.05) is 0 Å². The highest BCUT2D eigenvalue weighted by Crippen LogP contribution is 2.23. The van der Waals surface area contributed by atoms with Crippen LogP contribution in [0, 0.1) is 0 Å². The van der Waals surface area contributed by atoms with Gasteiger partial charge in [0.15, 0.2) is 5.82 Å². The van der Waals surface area contributed by atoms with Gasteiger partial charge in [-0.05, 0) is 41.3 Å². The van der Waals surface area contributed by atoms with Gasteiger partial charge in [0.2, 0.25) is 10.6 Å². The largest absolute Gasteiger partial charge is 0.348 e. The highest BCUT2D eigenvalue weighted by Gasteiger charge is 2.13. The van der Waals surface area contributed by atoms with Crippen LogP contribution in [0.5, 0.6) is 0 Å². The molecule has 0 radical (unpaired) electrons. The fourth-order valence-electron chi connectivity index (χ4n) is 1.60. The van der Waals surface area contributed by atoms with Crippen LogP contribution < -0.4 is 0 Å². The van der Waals surface area contributed by atoms with Crippen molar-refractivity contribution in [2.24, 2.45) is 7.05 Å². The van der Waals surface area contributed by atoms with Crippen LogP contribution in [-0.4, -0.2) is 19.5 Å². The van der Waals surface area contributed by atoms with Crippen molar-refractivity contribution in [1.82, 2.24) is 19.5 Å². The van der Waals surface area contributed by atoms with Gasteiger partial charge >= 0.3 is 0 Å². The van der Waals surface area contributed by atoms with E-state index >= 15 is 0 Å². The van der Waals surface area contributed by atoms with E-state index in [4.69, 9.17) is 23.2 Å². The van der Waals surface area contributed by atoms with Crippen LogP contribution in [0.1, 0.15) is 12.5 Å². The number of aromatic nitrogens is 4. The van der Waals surface area contributed by atoms with Crippen LogP contribution in [0.15, 0.2) is 12.3 Å². The number of nitrogens with zero attached hydrogens (tertiary/aromatic N) is 4. The summed E-state index contributed by atoms with van der Waals surface area (Å²) in [4.78, 5) is 11.9. The first-order valence-electron chi connectivity index (χ1n) is 4.83. The minimum atomic E-state index is 0.109. The Kier molecular flexibility index (Phi) is 3.12. The summed E-state index contributed by atoms with van der Waals surface area (Å²) < 4.78 is 1.95. The van der Waals surface area contributed by atoms with Gasteiger partial charge in [0.05, 0.1) is 5.69 Å². The average Bonchev–Trinajstić information content (AvgIpc) is 2.58. The summed E-state index contributed by atoms with van der Waals surface area (Å²) in [6.07, 6.45) is 2.86. The number of hydrogen-bond acceptors (Lipinski definition) is 3. The summed E-state index contributed by atoms with van der Waals surface area (Å²) in [6.45, 7) is 2.07. The lowest BCUT2D eigenvalue weighted by Gasteiger charge is -2.05. The van der Waals surface area contributed by atoms with Gasteiger partial charge in [-0.2, -0.15) is 15.0 Å². The topological polar surface area (TPSA) is 43.6 Å². The summed E-state index contributed by atoms with van der Waals surface area (Å²) in [7, 11) is 1.93. The van der Waals surface area contributed by atoms with Gasteiger partial charge in [0.1, 0.15) is 0 Å². The zero-order valence-corrected chi connectivity index (χ0v) is 10.4. The van der Waals surface area contributed by atoms with E-state index in [9.17, 15) is 0 Å². The van der Waals surface area contributed by atoms with Crippen LogP contribution >= 0.6 is 23.2 Å². The molecule has 2 rings (SSSR count). The smallest absolute Gasteiger partial charge is 0.227 e. The van der Waals surface area contributed by atoms with Crippen molar-refractivity contribution >= 4 is 23.2 Å². The van der Waals surface area contributed by atoms with Crippen LogP contribution in [0.3, 0.4) is 0 Å². The summed E-state index contributed by atoms with van der Waals surface area (Å²) in [5.41, 5.74) is 2.08. The molecule has 0 aromatic carbocycles. The first kappa shape index (κ1) is 11.4. The molecule has 0 saturated heterocycles. The van der Waals surface area contributed by atoms with Crippen LogP contribution in [0.25, 0.3) is 11.5 Å². The van der Waals surface area contributed by atoms with Crippen molar-refractivity contribution in [2.45, 2.75) is 13.3 Å². The van der Waals surface area contributed by atoms with Crippen LogP contribution in [0.4, 0.5) is 0 Å². The number of halogens is 2. The minimum Gasteiger partial charge on any atom is -0.348 e. The Hall–Kier alpha value is -1.13. The van der Waals surface area contributed by atoms with Gasteiger partial charge in [-0.3, -0.25) is 0 Å². The maximum absolute atomic E-state index is 5.76. The molecule has 0 bridgehead atoms. The molecule has 0 aliphatic carbocycles. The normalized spacial score (nSPS) is 10.8. The minimum absolute atomic E-state index is 0.109. The first-order chi connectivity index (χ1) is 7.61. The van der Waals surface area contributed by atoms with Gasteiger partial charge in [-0.15, -0.1) is 0 Å². The molecule has 2 heterocycles. The molecule has 0 unspecified atom stereocenters. The second-order valence-electron chi connectivity index (χ2n) is 3.35. The van der Waals surface area contributed by atoms with E-state index in [0.29, 0.717) is 5.82 Å². The van der Waals surface area contributed by atoms with Crippen molar-refractivity contribution in [3.63, 3.8) is 0 Å². The lowest BCUT2D eigenvalue weighted by molar-refractivity contribution is 0.905. The highest BCUT2D eigenvalue weighted by atomic mass is 35.5. The Bertz CT molecular complexity index is 501. The quantitative estimate of drug-likeness (QED) is 0.830. The summed E-state index contributed by atoms with van der Waals surface area (Å²) in [5.74, 6) is 0.509. The Balaban J connectivity index is 2.61. The highest BCUT2D eigenvalue weighted by molar-refractivity contribution is 6.31. The summed E-state index contributed by atoms with van der Waals surface area (Å²) >= 11 is 11.5. The van der Waals surface area contributed by atoms with E-state index < -0.39 is 0 Å². The number of aryl methyl sites for hydroxylation is 2. The molecule has 0 atom stereocenters. The molecule has 0 saturated carbocycles. The molecule has 0 fully saturated rings. The predicted molar refractivity (Wildman–Crippen MR) is 63.6 cm³/mol. The Labute approximate surface area is 103 Å². The fraction of sp³-hybridized carbons (Fsp3) is 0.300. The molecule has 16 heavy (non-hydrogen) atoms. The van der Waals surface area contributed by atoms with Crippen molar-refractivity contribution < 1.29 is 0 Å². The third-order valence-corrected chi connectivity index (χ3v) is 2.67. The van der Waals surface area contributed by atoms with Gasteiger partial charge in [-0.25, -0.2) is 0 Å². The van der Waals surface area contributed by atoms with E-state index in [-0.39, 0.29) is 10.6 Å². The van der Waals surface area contributed by atoms with E-state index in [2.05, 4.69) is 21.9 Å². The summed E-state index contributed by atoms with van der Waals surface area (Å²) in [6, 6.07) is 2.03. The molecule has 6 heteroatoms. The lowest BCUT2D eigenvalue weighted by Crippen LogP contribution is -2.00. The average molecular weight is 257 g/mol. The number of rotatable bonds is 2. The molecular formula is C10H10Cl2N4. The predicted octanol–water partition coefficient (Wildman–Crippen LogP) is 2.75. The van der Waals surface area contributed by atoms with E-state index in [1.165, 1.54) is 0 Å². The molecule has 0 aliphatic rings. The van der Waals surface area contributed by atoms with Crippen LogP contribution in [-0.2, 0) is 13.5 Å². The van der Waals surface area contributed by atoms with Crippen molar-refractivity contribution in [1.29, 1.82) is 0 Å². The zero-order valence-electron chi connectivity index (χ0n) is 8.91. The van der Waals surface area contributed by atoms with Crippen molar-refractivity contribution in [3.05, 3.63) is 28.4 Å². The second-order valence-corrected chi connectivity index (χ2v) is 4.03. The molecule has 0 spiro atoms. The SMILES string of the molecule is CCc1ccn(C)c1-c1nc(Cl)nc(Cl)n1. The van der Waals surface area contributed by atoms with Gasteiger partial charge in [0.25, 0.3) is 0 Å². The Morgan fingerprint density at radius 1 is 1.19 bits per heavy atom. The lowest BCUT2D eigenvalue weighted by atomic mass is 10.2. The van der Waals surface area contributed by atoms with Gasteiger partial charge in [0, 0.05) is 13.2 Å². The molecular weight excluding hydrogens is 247 g/mol. The third-order valence-electron chi connectivity index (χ3n) is 2.33. The molecule has 0 N–H and O–H groups in total. The Morgan fingerprint density at radius 2 is 1.81 bits per heavy atom. The molecule has 2 aromatic rings. The standard InChI is InChI=1S/C10H10Cl2N4/c1-3-6-4-5-16(2)7(6)8-13-9(11)15-10(12)14-8/h4-5H,3H2,1-2H3.